The zero-order chi connectivity index (χ0) is 13.1. The Hall–Kier alpha value is -1.03. The highest BCUT2D eigenvalue weighted by Gasteiger charge is 2.12. The maximum Gasteiger partial charge on any atom is 0.156 e. The molecule has 0 radical (unpaired) electrons. The van der Waals surface area contributed by atoms with Crippen LogP contribution in [0.15, 0.2) is 17.1 Å². The lowest BCUT2D eigenvalue weighted by atomic mass is 10.1. The molecule has 1 aliphatic heterocycles. The first-order valence-corrected chi connectivity index (χ1v) is 7.21. The number of benzene rings is 1. The van der Waals surface area contributed by atoms with Crippen molar-refractivity contribution in [2.24, 2.45) is 10.9 Å². The SMILES string of the molecule is Cc1cc(CNC2=NCC(C)CS2)cc(C)c1F. The Morgan fingerprint density at radius 2 is 2.06 bits per heavy atom. The van der Waals surface area contributed by atoms with E-state index in [0.717, 1.165) is 23.0 Å². The predicted octanol–water partition coefficient (Wildman–Crippen LogP) is 3.27. The van der Waals surface area contributed by atoms with Gasteiger partial charge in [-0.05, 0) is 36.5 Å². The average Bonchev–Trinajstić information content (AvgIpc) is 2.35. The molecule has 0 spiro atoms. The number of aryl methyl sites for hydroxylation is 2. The lowest BCUT2D eigenvalue weighted by Crippen LogP contribution is -2.25. The van der Waals surface area contributed by atoms with Crippen LogP contribution in [0.5, 0.6) is 0 Å². The predicted molar refractivity (Wildman–Crippen MR) is 76.6 cm³/mol. The van der Waals surface area contributed by atoms with Crippen molar-refractivity contribution in [2.75, 3.05) is 12.3 Å². The molecule has 1 aromatic carbocycles. The molecule has 0 aromatic heterocycles. The Morgan fingerprint density at radius 3 is 2.61 bits per heavy atom. The van der Waals surface area contributed by atoms with Crippen LogP contribution >= 0.6 is 11.8 Å². The Labute approximate surface area is 112 Å². The second kappa shape index (κ2) is 5.74. The molecule has 0 saturated carbocycles. The number of aliphatic imine (C=N–C) groups is 1. The second-order valence-corrected chi connectivity index (χ2v) is 5.97. The van der Waals surface area contributed by atoms with Crippen LogP contribution in [-0.2, 0) is 6.54 Å². The summed E-state index contributed by atoms with van der Waals surface area (Å²) in [7, 11) is 0. The molecule has 1 aliphatic rings. The summed E-state index contributed by atoms with van der Waals surface area (Å²) >= 11 is 1.77. The van der Waals surface area contributed by atoms with Gasteiger partial charge in [0.15, 0.2) is 5.17 Å². The molecule has 1 unspecified atom stereocenters. The zero-order valence-electron chi connectivity index (χ0n) is 11.1. The third kappa shape index (κ3) is 3.25. The Bertz CT molecular complexity index is 448. The van der Waals surface area contributed by atoms with E-state index in [2.05, 4.69) is 17.2 Å². The largest absolute Gasteiger partial charge is 0.361 e. The van der Waals surface area contributed by atoms with E-state index in [9.17, 15) is 4.39 Å². The standard InChI is InChI=1S/C14H19FN2S/c1-9-6-16-14(18-8-9)17-7-12-4-10(2)13(15)11(3)5-12/h4-5,9H,6-8H2,1-3H3,(H,16,17). The molecule has 0 fully saturated rings. The maximum atomic E-state index is 13.5. The van der Waals surface area contributed by atoms with Crippen molar-refractivity contribution >= 4 is 16.9 Å². The Morgan fingerprint density at radius 1 is 1.39 bits per heavy atom. The van der Waals surface area contributed by atoms with Crippen LogP contribution in [0.2, 0.25) is 0 Å². The summed E-state index contributed by atoms with van der Waals surface area (Å²) in [5.41, 5.74) is 2.52. The van der Waals surface area contributed by atoms with E-state index in [1.807, 2.05) is 12.1 Å². The molecule has 0 saturated heterocycles. The number of amidine groups is 1. The van der Waals surface area contributed by atoms with Crippen LogP contribution in [0.1, 0.15) is 23.6 Å². The first kappa shape index (κ1) is 13.4. The first-order valence-electron chi connectivity index (χ1n) is 6.23. The molecular weight excluding hydrogens is 247 g/mol. The first-order chi connectivity index (χ1) is 8.56. The summed E-state index contributed by atoms with van der Waals surface area (Å²) in [5.74, 6) is 1.68. The third-order valence-electron chi connectivity index (χ3n) is 2.99. The highest BCUT2D eigenvalue weighted by atomic mass is 32.2. The van der Waals surface area contributed by atoms with E-state index in [-0.39, 0.29) is 5.82 Å². The summed E-state index contributed by atoms with van der Waals surface area (Å²) in [5, 5.41) is 4.33. The van der Waals surface area contributed by atoms with Gasteiger partial charge in [-0.1, -0.05) is 30.8 Å². The van der Waals surface area contributed by atoms with Gasteiger partial charge >= 0.3 is 0 Å². The topological polar surface area (TPSA) is 24.4 Å². The number of hydrogen-bond acceptors (Lipinski definition) is 3. The smallest absolute Gasteiger partial charge is 0.156 e. The highest BCUT2D eigenvalue weighted by molar-refractivity contribution is 8.13. The Balaban J connectivity index is 1.98. The van der Waals surface area contributed by atoms with Crippen LogP contribution in [0, 0.1) is 25.6 Å². The van der Waals surface area contributed by atoms with Gasteiger partial charge in [0.05, 0.1) is 0 Å². The van der Waals surface area contributed by atoms with E-state index < -0.39 is 0 Å². The molecule has 0 amide bonds. The minimum atomic E-state index is -0.100. The van der Waals surface area contributed by atoms with Gasteiger partial charge in [-0.3, -0.25) is 4.99 Å². The third-order valence-corrected chi connectivity index (χ3v) is 4.27. The molecule has 0 bridgehead atoms. The van der Waals surface area contributed by atoms with Crippen LogP contribution < -0.4 is 5.32 Å². The van der Waals surface area contributed by atoms with Crippen molar-refractivity contribution in [1.82, 2.24) is 5.32 Å². The lowest BCUT2D eigenvalue weighted by molar-refractivity contribution is 0.608. The normalized spacial score (nSPS) is 19.6. The van der Waals surface area contributed by atoms with Crippen LogP contribution in [-0.4, -0.2) is 17.5 Å². The van der Waals surface area contributed by atoms with Crippen LogP contribution in [0.4, 0.5) is 4.39 Å². The quantitative estimate of drug-likeness (QED) is 0.888. The van der Waals surface area contributed by atoms with Crippen molar-refractivity contribution in [3.8, 4) is 0 Å². The number of hydrogen-bond donors (Lipinski definition) is 1. The van der Waals surface area contributed by atoms with E-state index in [0.29, 0.717) is 23.6 Å². The van der Waals surface area contributed by atoms with Gasteiger partial charge in [-0.2, -0.15) is 0 Å². The van der Waals surface area contributed by atoms with E-state index >= 15 is 0 Å². The van der Waals surface area contributed by atoms with Gasteiger partial charge in [-0.15, -0.1) is 0 Å². The minimum absolute atomic E-state index is 0.100. The van der Waals surface area contributed by atoms with Crippen molar-refractivity contribution < 1.29 is 4.39 Å². The molecule has 2 rings (SSSR count). The second-order valence-electron chi connectivity index (χ2n) is 4.96. The van der Waals surface area contributed by atoms with Crippen molar-refractivity contribution in [1.29, 1.82) is 0 Å². The molecule has 0 aliphatic carbocycles. The van der Waals surface area contributed by atoms with Crippen LogP contribution in [0.3, 0.4) is 0 Å². The molecule has 1 heterocycles. The maximum absolute atomic E-state index is 13.5. The van der Waals surface area contributed by atoms with Gasteiger partial charge in [0.25, 0.3) is 0 Å². The van der Waals surface area contributed by atoms with E-state index in [1.54, 1.807) is 25.6 Å². The fourth-order valence-electron chi connectivity index (χ4n) is 1.98. The number of rotatable bonds is 2. The number of halogens is 1. The lowest BCUT2D eigenvalue weighted by Gasteiger charge is -2.18. The zero-order valence-corrected chi connectivity index (χ0v) is 11.9. The summed E-state index contributed by atoms with van der Waals surface area (Å²) in [6, 6.07) is 3.79. The molecule has 2 nitrogen and oxygen atoms in total. The summed E-state index contributed by atoms with van der Waals surface area (Å²) < 4.78 is 13.5. The summed E-state index contributed by atoms with van der Waals surface area (Å²) in [6.07, 6.45) is 0. The molecule has 18 heavy (non-hydrogen) atoms. The van der Waals surface area contributed by atoms with Gasteiger partial charge in [0, 0.05) is 18.8 Å². The molecule has 1 aromatic rings. The van der Waals surface area contributed by atoms with E-state index in [1.165, 1.54) is 0 Å². The van der Waals surface area contributed by atoms with Crippen molar-refractivity contribution in [2.45, 2.75) is 27.3 Å². The number of nitrogens with zero attached hydrogens (tertiary/aromatic N) is 1. The molecule has 1 N–H and O–H groups in total. The number of nitrogens with one attached hydrogen (secondary N) is 1. The van der Waals surface area contributed by atoms with Gasteiger partial charge in [0.2, 0.25) is 0 Å². The van der Waals surface area contributed by atoms with Crippen LogP contribution in [0.25, 0.3) is 0 Å². The van der Waals surface area contributed by atoms with E-state index in [4.69, 9.17) is 0 Å². The van der Waals surface area contributed by atoms with Gasteiger partial charge in [-0.25, -0.2) is 4.39 Å². The summed E-state index contributed by atoms with van der Waals surface area (Å²) in [6.45, 7) is 7.43. The molecular formula is C14H19FN2S. The molecule has 98 valence electrons. The molecule has 1 atom stereocenters. The average molecular weight is 266 g/mol. The summed E-state index contributed by atoms with van der Waals surface area (Å²) in [4.78, 5) is 4.48. The Kier molecular flexibility index (Phi) is 4.27. The van der Waals surface area contributed by atoms with Crippen molar-refractivity contribution in [3.05, 3.63) is 34.6 Å². The highest BCUT2D eigenvalue weighted by Crippen LogP contribution is 2.17. The number of thioether (sulfide) groups is 1. The monoisotopic (exact) mass is 266 g/mol. The fraction of sp³-hybridized carbons (Fsp3) is 0.500. The molecule has 4 heteroatoms. The van der Waals surface area contributed by atoms with Gasteiger partial charge in [0.1, 0.15) is 5.82 Å². The minimum Gasteiger partial charge on any atom is -0.361 e. The fourth-order valence-corrected chi connectivity index (χ4v) is 2.87. The van der Waals surface area contributed by atoms with Gasteiger partial charge < -0.3 is 5.32 Å². The van der Waals surface area contributed by atoms with Crippen molar-refractivity contribution in [3.63, 3.8) is 0 Å².